The molecule has 0 fully saturated rings. The lowest BCUT2D eigenvalue weighted by Gasteiger charge is -2.08. The van der Waals surface area contributed by atoms with Gasteiger partial charge in [-0.25, -0.2) is 0 Å². The van der Waals surface area contributed by atoms with Crippen LogP contribution in [0.25, 0.3) is 0 Å². The molecule has 0 saturated carbocycles. The average molecular weight is 230 g/mol. The second-order valence-corrected chi connectivity index (χ2v) is 3.01. The molecule has 0 aliphatic heterocycles. The fourth-order valence-corrected chi connectivity index (χ4v) is 1.15. The van der Waals surface area contributed by atoms with Crippen LogP contribution in [0.4, 0.5) is 5.69 Å². The average Bonchev–Trinajstić information content (AvgIpc) is 2.20. The van der Waals surface area contributed by atoms with Gasteiger partial charge in [-0.15, -0.1) is 0 Å². The fraction of sp³-hybridized carbons (Fsp3) is 0.250. The molecule has 1 aromatic carbocycles. The maximum Gasteiger partial charge on any atom is 0.488 e. The number of nitrogens with one attached hydrogen (secondary N) is 1. The minimum atomic E-state index is -2.36. The summed E-state index contributed by atoms with van der Waals surface area (Å²) in [4.78, 5) is 0. The molecule has 0 aliphatic carbocycles. The van der Waals surface area contributed by atoms with Crippen molar-refractivity contribution in [3.05, 3.63) is 24.3 Å². The van der Waals surface area contributed by atoms with Gasteiger partial charge < -0.3 is 19.3 Å². The Hall–Kier alpha value is -0.885. The Morgan fingerprint density at radius 3 is 2.07 bits per heavy atom. The zero-order valence-electron chi connectivity index (χ0n) is 8.51. The molecule has 15 heavy (non-hydrogen) atoms. The van der Waals surface area contributed by atoms with E-state index in [0.29, 0.717) is 11.2 Å². The van der Waals surface area contributed by atoms with E-state index in [1.54, 1.807) is 0 Å². The highest BCUT2D eigenvalue weighted by molar-refractivity contribution is 7.80. The summed E-state index contributed by atoms with van der Waals surface area (Å²) in [6, 6.07) is 5.70. The highest BCUT2D eigenvalue weighted by atomic mass is 32.2. The topological polar surface area (TPSA) is 92.6 Å². The van der Waals surface area contributed by atoms with Gasteiger partial charge in [-0.2, -0.15) is 0 Å². The van der Waals surface area contributed by atoms with Crippen LogP contribution < -0.4 is 10.2 Å². The molecule has 0 aromatic heterocycles. The van der Waals surface area contributed by atoms with Crippen molar-refractivity contribution < 1.29 is 18.8 Å². The van der Waals surface area contributed by atoms with Crippen LogP contribution in [0.3, 0.4) is 0 Å². The van der Waals surface area contributed by atoms with Crippen molar-refractivity contribution >= 4 is 29.5 Å². The second kappa shape index (κ2) is 7.41. The molecular weight excluding hydrogens is 217 g/mol. The minimum absolute atomic E-state index is 0.308. The summed E-state index contributed by atoms with van der Waals surface area (Å²) in [6.07, 6.45) is 0. The molecule has 1 unspecified atom stereocenters. The van der Waals surface area contributed by atoms with Crippen molar-refractivity contribution in [2.45, 2.75) is 13.8 Å². The van der Waals surface area contributed by atoms with E-state index < -0.39 is 18.4 Å². The molecule has 7 heteroatoms. The molecule has 1 rings (SSSR count). The number of rotatable bonds is 3. The van der Waals surface area contributed by atoms with E-state index in [0.717, 1.165) is 0 Å². The summed E-state index contributed by atoms with van der Waals surface area (Å²) in [6.45, 7) is 4.00. The standard InChI is InChI=1S/C6H8BNO4S.C2H6/c9-7(10)5-1-3-6(4-2-5)8-13(11)12;1-2/h1-4,8-10H,(H,11,12);1-2H3/p-1. The van der Waals surface area contributed by atoms with Crippen molar-refractivity contribution in [3.8, 4) is 0 Å². The summed E-state index contributed by atoms with van der Waals surface area (Å²) >= 11 is -2.36. The van der Waals surface area contributed by atoms with Gasteiger partial charge in [0.25, 0.3) is 0 Å². The van der Waals surface area contributed by atoms with Crippen LogP contribution >= 0.6 is 0 Å². The van der Waals surface area contributed by atoms with Crippen LogP contribution in [0, 0.1) is 0 Å². The summed E-state index contributed by atoms with van der Waals surface area (Å²) in [5, 5.41) is 17.4. The van der Waals surface area contributed by atoms with Gasteiger partial charge in [-0.05, 0) is 17.6 Å². The number of hydrogen-bond donors (Lipinski definition) is 3. The van der Waals surface area contributed by atoms with E-state index in [2.05, 4.69) is 4.72 Å². The van der Waals surface area contributed by atoms with Crippen LogP contribution in [-0.2, 0) is 11.3 Å². The molecule has 0 radical (unpaired) electrons. The van der Waals surface area contributed by atoms with Crippen molar-refractivity contribution in [2.24, 2.45) is 0 Å². The van der Waals surface area contributed by atoms with Gasteiger partial charge in [0.05, 0.1) is 0 Å². The smallest absolute Gasteiger partial charge is 0.488 e. The van der Waals surface area contributed by atoms with E-state index in [9.17, 15) is 8.76 Å². The molecule has 84 valence electrons. The first-order valence-electron chi connectivity index (χ1n) is 4.41. The summed E-state index contributed by atoms with van der Waals surface area (Å²) in [5.41, 5.74) is 0.681. The van der Waals surface area contributed by atoms with E-state index in [-0.39, 0.29) is 0 Å². The van der Waals surface area contributed by atoms with E-state index in [4.69, 9.17) is 10.0 Å². The molecule has 0 bridgehead atoms. The van der Waals surface area contributed by atoms with E-state index >= 15 is 0 Å². The molecular formula is C8H13BNO4S-. The predicted molar refractivity (Wildman–Crippen MR) is 60.2 cm³/mol. The van der Waals surface area contributed by atoms with Gasteiger partial charge in [0.1, 0.15) is 0 Å². The highest BCUT2D eigenvalue weighted by Gasteiger charge is 2.09. The third-order valence-electron chi connectivity index (χ3n) is 1.41. The quantitative estimate of drug-likeness (QED) is 0.486. The normalized spacial score (nSPS) is 11.0. The Kier molecular flexibility index (Phi) is 6.97. The molecule has 0 spiro atoms. The lowest BCUT2D eigenvalue weighted by molar-refractivity contribution is 0.426. The first kappa shape index (κ1) is 14.1. The first-order chi connectivity index (χ1) is 7.09. The summed E-state index contributed by atoms with van der Waals surface area (Å²) < 4.78 is 22.5. The number of anilines is 1. The minimum Gasteiger partial charge on any atom is -0.755 e. The van der Waals surface area contributed by atoms with Crippen LogP contribution in [0.5, 0.6) is 0 Å². The first-order valence-corrected chi connectivity index (χ1v) is 5.49. The predicted octanol–water partition coefficient (Wildman–Crippen LogP) is -0.401. The van der Waals surface area contributed by atoms with Crippen molar-refractivity contribution in [3.63, 3.8) is 0 Å². The monoisotopic (exact) mass is 230 g/mol. The van der Waals surface area contributed by atoms with Gasteiger partial charge in [-0.1, -0.05) is 26.0 Å². The molecule has 0 aliphatic rings. The molecule has 0 saturated heterocycles. The lowest BCUT2D eigenvalue weighted by atomic mass is 9.80. The fourth-order valence-electron chi connectivity index (χ4n) is 0.820. The van der Waals surface area contributed by atoms with E-state index in [1.807, 2.05) is 13.8 Å². The summed E-state index contributed by atoms with van der Waals surface area (Å²) in [5.74, 6) is 0. The van der Waals surface area contributed by atoms with Crippen molar-refractivity contribution in [1.82, 2.24) is 0 Å². The molecule has 1 aromatic rings. The van der Waals surface area contributed by atoms with Gasteiger partial charge >= 0.3 is 7.12 Å². The number of benzene rings is 1. The van der Waals surface area contributed by atoms with Gasteiger partial charge in [-0.3, -0.25) is 4.21 Å². The molecule has 3 N–H and O–H groups in total. The molecule has 1 atom stereocenters. The second-order valence-electron chi connectivity index (χ2n) is 2.33. The Morgan fingerprint density at radius 1 is 1.27 bits per heavy atom. The van der Waals surface area contributed by atoms with E-state index in [1.165, 1.54) is 24.3 Å². The largest absolute Gasteiger partial charge is 0.755 e. The third kappa shape index (κ3) is 5.53. The third-order valence-corrected chi connectivity index (χ3v) is 1.81. The Bertz CT molecular complexity index is 304. The van der Waals surface area contributed by atoms with Crippen LogP contribution in [0.1, 0.15) is 13.8 Å². The molecule has 0 amide bonds. The highest BCUT2D eigenvalue weighted by Crippen LogP contribution is 2.04. The van der Waals surface area contributed by atoms with Crippen LogP contribution in [0.15, 0.2) is 24.3 Å². The SMILES string of the molecule is CC.O=S([O-])Nc1ccc(B(O)O)cc1. The van der Waals surface area contributed by atoms with Gasteiger partial charge in [0.15, 0.2) is 0 Å². The molecule has 5 nitrogen and oxygen atoms in total. The lowest BCUT2D eigenvalue weighted by Crippen LogP contribution is -2.29. The Balaban J connectivity index is 0.000000921. The Morgan fingerprint density at radius 2 is 1.73 bits per heavy atom. The Labute approximate surface area is 91.7 Å². The molecule has 0 heterocycles. The van der Waals surface area contributed by atoms with Crippen molar-refractivity contribution in [1.29, 1.82) is 0 Å². The van der Waals surface area contributed by atoms with Gasteiger partial charge in [0, 0.05) is 17.0 Å². The van der Waals surface area contributed by atoms with Crippen LogP contribution in [-0.4, -0.2) is 25.9 Å². The zero-order valence-corrected chi connectivity index (χ0v) is 9.32. The summed E-state index contributed by atoms with van der Waals surface area (Å²) in [7, 11) is -1.54. The van der Waals surface area contributed by atoms with Gasteiger partial charge in [0.2, 0.25) is 0 Å². The number of hydrogen-bond acceptors (Lipinski definition) is 4. The van der Waals surface area contributed by atoms with Crippen LogP contribution in [0.2, 0.25) is 0 Å². The zero-order chi connectivity index (χ0) is 11.8. The maximum atomic E-state index is 10.2. The maximum absolute atomic E-state index is 10.2. The van der Waals surface area contributed by atoms with Crippen molar-refractivity contribution in [2.75, 3.05) is 4.72 Å².